The zero-order valence-corrected chi connectivity index (χ0v) is 7.87. The molecular weight excluding hydrogens is 158 g/mol. The molecule has 0 saturated heterocycles. The van der Waals surface area contributed by atoms with Crippen LogP contribution in [0.1, 0.15) is 32.1 Å². The highest BCUT2D eigenvalue weighted by atomic mass is 14.8. The van der Waals surface area contributed by atoms with E-state index in [1.165, 1.54) is 32.1 Å². The minimum absolute atomic E-state index is 0.581. The molecule has 0 amide bonds. The Balaban J connectivity index is 1.89. The van der Waals surface area contributed by atoms with Crippen molar-refractivity contribution in [1.29, 1.82) is 0 Å². The minimum Gasteiger partial charge on any atom is -0.289 e. The molecule has 0 heterocycles. The van der Waals surface area contributed by atoms with E-state index in [-0.39, 0.29) is 0 Å². The van der Waals surface area contributed by atoms with Crippen LogP contribution >= 0.6 is 0 Å². The standard InChI is InChI=1S/C12H15N/c1-2-8-12(9-3-1)13-10-11-6-4-5-7-11/h4-6,10,12H,1-3,8-9H2. The summed E-state index contributed by atoms with van der Waals surface area (Å²) in [6, 6.07) is 0.581. The van der Waals surface area contributed by atoms with Crippen LogP contribution in [-0.4, -0.2) is 12.3 Å². The second-order valence-electron chi connectivity index (χ2n) is 3.70. The maximum atomic E-state index is 4.57. The molecule has 0 unspecified atom stereocenters. The van der Waals surface area contributed by atoms with E-state index >= 15 is 0 Å². The lowest BCUT2D eigenvalue weighted by Crippen LogP contribution is -2.09. The van der Waals surface area contributed by atoms with Crippen molar-refractivity contribution in [2.24, 2.45) is 4.99 Å². The summed E-state index contributed by atoms with van der Waals surface area (Å²) in [6.07, 6.45) is 14.6. The maximum Gasteiger partial charge on any atom is 0.0500 e. The minimum atomic E-state index is 0.581. The van der Waals surface area contributed by atoms with Crippen molar-refractivity contribution in [2.45, 2.75) is 38.1 Å². The average molecular weight is 173 g/mol. The van der Waals surface area contributed by atoms with E-state index in [0.29, 0.717) is 6.04 Å². The highest BCUT2D eigenvalue weighted by molar-refractivity contribution is 5.83. The lowest BCUT2D eigenvalue weighted by Gasteiger charge is -2.16. The largest absolute Gasteiger partial charge is 0.289 e. The molecule has 2 aliphatic rings. The van der Waals surface area contributed by atoms with Crippen molar-refractivity contribution < 1.29 is 0 Å². The molecular formula is C12H15N. The Hall–Kier alpha value is -1.07. The lowest BCUT2D eigenvalue weighted by molar-refractivity contribution is 0.444. The first kappa shape index (κ1) is 8.52. The highest BCUT2D eigenvalue weighted by Gasteiger charge is 2.10. The molecule has 13 heavy (non-hydrogen) atoms. The maximum absolute atomic E-state index is 4.57. The normalized spacial score (nSPS) is 22.9. The molecule has 0 aliphatic heterocycles. The molecule has 0 aromatic heterocycles. The van der Waals surface area contributed by atoms with E-state index in [1.807, 2.05) is 24.4 Å². The summed E-state index contributed by atoms with van der Waals surface area (Å²) in [6.45, 7) is 0. The monoisotopic (exact) mass is 173 g/mol. The van der Waals surface area contributed by atoms with Crippen LogP contribution in [0.5, 0.6) is 0 Å². The highest BCUT2D eigenvalue weighted by Crippen LogP contribution is 2.20. The van der Waals surface area contributed by atoms with Crippen molar-refractivity contribution in [3.8, 4) is 0 Å². The van der Waals surface area contributed by atoms with Gasteiger partial charge in [0, 0.05) is 17.8 Å². The van der Waals surface area contributed by atoms with Gasteiger partial charge in [-0.1, -0.05) is 25.3 Å². The Morgan fingerprint density at radius 2 is 2.15 bits per heavy atom. The van der Waals surface area contributed by atoms with E-state index in [0.717, 1.165) is 5.57 Å². The van der Waals surface area contributed by atoms with Crippen molar-refractivity contribution in [2.75, 3.05) is 0 Å². The molecule has 1 fully saturated rings. The fourth-order valence-electron chi connectivity index (χ4n) is 1.84. The van der Waals surface area contributed by atoms with Crippen LogP contribution in [0.15, 0.2) is 34.5 Å². The molecule has 0 aromatic carbocycles. The Kier molecular flexibility index (Phi) is 2.79. The van der Waals surface area contributed by atoms with Gasteiger partial charge in [0.05, 0.1) is 0 Å². The first-order valence-electron chi connectivity index (χ1n) is 5.12. The van der Waals surface area contributed by atoms with E-state index in [9.17, 15) is 0 Å². The lowest BCUT2D eigenvalue weighted by atomic mass is 9.96. The molecule has 2 aliphatic carbocycles. The van der Waals surface area contributed by atoms with Gasteiger partial charge in [-0.15, -0.1) is 5.73 Å². The van der Waals surface area contributed by atoms with Gasteiger partial charge in [-0.25, -0.2) is 0 Å². The van der Waals surface area contributed by atoms with E-state index in [2.05, 4.69) is 10.7 Å². The third-order valence-electron chi connectivity index (χ3n) is 2.62. The zero-order chi connectivity index (χ0) is 8.93. The van der Waals surface area contributed by atoms with Gasteiger partial charge in [0.1, 0.15) is 0 Å². The van der Waals surface area contributed by atoms with Crippen LogP contribution in [0.25, 0.3) is 0 Å². The molecule has 1 saturated carbocycles. The van der Waals surface area contributed by atoms with Gasteiger partial charge in [0.15, 0.2) is 0 Å². The molecule has 0 radical (unpaired) electrons. The summed E-state index contributed by atoms with van der Waals surface area (Å²) in [7, 11) is 0. The van der Waals surface area contributed by atoms with Crippen LogP contribution in [0.4, 0.5) is 0 Å². The van der Waals surface area contributed by atoms with Crippen LogP contribution in [0.2, 0.25) is 0 Å². The van der Waals surface area contributed by atoms with E-state index < -0.39 is 0 Å². The molecule has 0 atom stereocenters. The van der Waals surface area contributed by atoms with Crippen molar-refractivity contribution >= 4 is 6.21 Å². The molecule has 0 N–H and O–H groups in total. The quantitative estimate of drug-likeness (QED) is 0.449. The molecule has 68 valence electrons. The smallest absolute Gasteiger partial charge is 0.0500 e. The fraction of sp³-hybridized carbons (Fsp3) is 0.500. The molecule has 1 nitrogen and oxygen atoms in total. The van der Waals surface area contributed by atoms with Crippen LogP contribution < -0.4 is 0 Å². The van der Waals surface area contributed by atoms with E-state index in [1.54, 1.807) is 0 Å². The third-order valence-corrected chi connectivity index (χ3v) is 2.62. The Morgan fingerprint density at radius 3 is 2.85 bits per heavy atom. The molecule has 0 bridgehead atoms. The van der Waals surface area contributed by atoms with Gasteiger partial charge in [0.2, 0.25) is 0 Å². The fourth-order valence-corrected chi connectivity index (χ4v) is 1.84. The second kappa shape index (κ2) is 4.25. The summed E-state index contributed by atoms with van der Waals surface area (Å²) < 4.78 is 0. The topological polar surface area (TPSA) is 12.4 Å². The number of hydrogen-bond donors (Lipinski definition) is 0. The SMILES string of the molecule is C1=CC=CC=1C=NC1CCCCC1. The molecule has 0 spiro atoms. The molecule has 0 aromatic rings. The molecule has 2 rings (SSSR count). The van der Waals surface area contributed by atoms with Gasteiger partial charge in [-0.3, -0.25) is 4.99 Å². The van der Waals surface area contributed by atoms with Gasteiger partial charge < -0.3 is 0 Å². The number of rotatable bonds is 2. The summed E-state index contributed by atoms with van der Waals surface area (Å²) in [4.78, 5) is 4.57. The summed E-state index contributed by atoms with van der Waals surface area (Å²) in [5.41, 5.74) is 4.24. The van der Waals surface area contributed by atoms with Crippen LogP contribution in [0.3, 0.4) is 0 Å². The Labute approximate surface area is 79.6 Å². The van der Waals surface area contributed by atoms with Gasteiger partial charge in [-0.05, 0) is 25.0 Å². The van der Waals surface area contributed by atoms with Crippen molar-refractivity contribution in [1.82, 2.24) is 0 Å². The number of nitrogens with zero attached hydrogens (tertiary/aromatic N) is 1. The van der Waals surface area contributed by atoms with Gasteiger partial charge in [0.25, 0.3) is 0 Å². The van der Waals surface area contributed by atoms with Crippen LogP contribution in [0, 0.1) is 0 Å². The summed E-state index contributed by atoms with van der Waals surface area (Å²) in [5.74, 6) is 0. The summed E-state index contributed by atoms with van der Waals surface area (Å²) in [5, 5.41) is 0. The number of allylic oxidation sites excluding steroid dienone is 3. The predicted octanol–water partition coefficient (Wildman–Crippen LogP) is 3.04. The van der Waals surface area contributed by atoms with E-state index in [4.69, 9.17) is 0 Å². The van der Waals surface area contributed by atoms with Crippen molar-refractivity contribution in [3.63, 3.8) is 0 Å². The average Bonchev–Trinajstić information content (AvgIpc) is 2.69. The Bertz CT molecular complexity index is 284. The molecule has 1 heteroatoms. The third kappa shape index (κ3) is 2.43. The van der Waals surface area contributed by atoms with Gasteiger partial charge >= 0.3 is 0 Å². The van der Waals surface area contributed by atoms with Crippen LogP contribution in [-0.2, 0) is 0 Å². The number of hydrogen-bond acceptors (Lipinski definition) is 1. The summed E-state index contributed by atoms with van der Waals surface area (Å²) >= 11 is 0. The zero-order valence-electron chi connectivity index (χ0n) is 7.87. The second-order valence-corrected chi connectivity index (χ2v) is 3.70. The first-order valence-corrected chi connectivity index (χ1v) is 5.12. The predicted molar refractivity (Wildman–Crippen MR) is 56.1 cm³/mol. The van der Waals surface area contributed by atoms with Crippen molar-refractivity contribution in [3.05, 3.63) is 29.5 Å². The number of aliphatic imine (C=N–C) groups is 1. The van der Waals surface area contributed by atoms with Gasteiger partial charge in [-0.2, -0.15) is 0 Å². The Morgan fingerprint density at radius 1 is 1.31 bits per heavy atom. The first-order chi connectivity index (χ1) is 6.45.